The maximum Gasteiger partial charge on any atom is 0.226 e. The second kappa shape index (κ2) is 9.00. The number of rotatable bonds is 7. The molecule has 2 atom stereocenters. The van der Waals surface area contributed by atoms with Crippen molar-refractivity contribution in [1.29, 1.82) is 0 Å². The van der Waals surface area contributed by atoms with E-state index in [1.165, 1.54) is 6.33 Å². The highest BCUT2D eigenvalue weighted by molar-refractivity contribution is 5.85. The van der Waals surface area contributed by atoms with Gasteiger partial charge in [-0.3, -0.25) is 9.59 Å². The second-order valence-electron chi connectivity index (χ2n) is 8.93. The maximum atomic E-state index is 13.2. The second-order valence-corrected chi connectivity index (χ2v) is 8.93. The lowest BCUT2D eigenvalue weighted by molar-refractivity contribution is -0.141. The molecule has 0 radical (unpaired) electrons. The zero-order valence-electron chi connectivity index (χ0n) is 18.1. The number of hydrogen-bond acceptors (Lipinski definition) is 4. The molecular formula is C25H30N4O2. The summed E-state index contributed by atoms with van der Waals surface area (Å²) >= 11 is 0. The first-order valence-electron chi connectivity index (χ1n) is 11.0. The summed E-state index contributed by atoms with van der Waals surface area (Å²) in [5, 5.41) is 3.02. The van der Waals surface area contributed by atoms with Gasteiger partial charge in [-0.2, -0.15) is 0 Å². The molecule has 1 saturated carbocycles. The number of piperidine rings is 1. The Morgan fingerprint density at radius 2 is 1.94 bits per heavy atom. The molecule has 2 aliphatic rings. The summed E-state index contributed by atoms with van der Waals surface area (Å²) in [6, 6.07) is 8.23. The van der Waals surface area contributed by atoms with Crippen LogP contribution in [0.2, 0.25) is 0 Å². The van der Waals surface area contributed by atoms with Crippen LogP contribution in [0.3, 0.4) is 0 Å². The van der Waals surface area contributed by atoms with Crippen molar-refractivity contribution in [2.75, 3.05) is 19.6 Å². The van der Waals surface area contributed by atoms with Crippen LogP contribution in [0.15, 0.2) is 55.6 Å². The maximum absolute atomic E-state index is 13.2. The zero-order valence-corrected chi connectivity index (χ0v) is 18.1. The van der Waals surface area contributed by atoms with Crippen LogP contribution in [-0.4, -0.2) is 46.3 Å². The quantitative estimate of drug-likeness (QED) is 0.701. The molecule has 1 N–H and O–H groups in total. The average molecular weight is 419 g/mol. The van der Waals surface area contributed by atoms with Crippen LogP contribution in [0.4, 0.5) is 0 Å². The van der Waals surface area contributed by atoms with Gasteiger partial charge in [-0.1, -0.05) is 37.3 Å². The summed E-state index contributed by atoms with van der Waals surface area (Å²) in [5.41, 5.74) is 2.56. The molecule has 0 unspecified atom stereocenters. The highest BCUT2D eigenvalue weighted by Gasteiger charge is 2.46. The molecule has 2 fully saturated rings. The monoisotopic (exact) mass is 418 g/mol. The van der Waals surface area contributed by atoms with Crippen LogP contribution in [0, 0.1) is 17.3 Å². The van der Waals surface area contributed by atoms with Gasteiger partial charge in [-0.05, 0) is 42.7 Å². The van der Waals surface area contributed by atoms with Crippen LogP contribution in [-0.2, 0) is 16.0 Å². The van der Waals surface area contributed by atoms with Gasteiger partial charge in [-0.15, -0.1) is 6.58 Å². The number of carbonyl (C=O) groups is 2. The molecule has 2 aromatic rings. The molecule has 6 nitrogen and oxygen atoms in total. The lowest BCUT2D eigenvalue weighted by Gasteiger charge is -2.41. The first kappa shape index (κ1) is 21.2. The minimum Gasteiger partial charge on any atom is -0.352 e. The summed E-state index contributed by atoms with van der Waals surface area (Å²) in [4.78, 5) is 36.1. The van der Waals surface area contributed by atoms with Crippen molar-refractivity contribution in [3.63, 3.8) is 0 Å². The minimum absolute atomic E-state index is 0.0488. The Hall–Kier alpha value is -3.02. The smallest absolute Gasteiger partial charge is 0.226 e. The van der Waals surface area contributed by atoms with Gasteiger partial charge in [0.15, 0.2) is 0 Å². The first-order valence-corrected chi connectivity index (χ1v) is 11.0. The number of benzene rings is 1. The van der Waals surface area contributed by atoms with Crippen molar-refractivity contribution < 1.29 is 9.59 Å². The zero-order chi connectivity index (χ0) is 21.8. The lowest BCUT2D eigenvalue weighted by atomic mass is 9.72. The van der Waals surface area contributed by atoms with E-state index in [9.17, 15) is 9.59 Å². The molecule has 6 heteroatoms. The molecule has 2 heterocycles. The molecule has 2 amide bonds. The number of hydrogen-bond donors (Lipinski definition) is 1. The Kier molecular flexibility index (Phi) is 6.16. The Balaban J connectivity index is 1.53. The third kappa shape index (κ3) is 4.68. The Labute approximate surface area is 183 Å². The van der Waals surface area contributed by atoms with Crippen LogP contribution >= 0.6 is 0 Å². The fraction of sp³-hybridized carbons (Fsp3) is 0.440. The van der Waals surface area contributed by atoms with Crippen molar-refractivity contribution in [2.24, 2.45) is 17.3 Å². The van der Waals surface area contributed by atoms with Gasteiger partial charge in [0.2, 0.25) is 11.8 Å². The molecule has 1 aromatic heterocycles. The van der Waals surface area contributed by atoms with Gasteiger partial charge < -0.3 is 10.2 Å². The standard InChI is InChI=1S/C25H30N4O2/c1-3-9-28-24(31)25(7-10-29(11-8-25)23(30)22-12-18(22)2)14-19-5-4-6-20(13-19)21-15-26-17-27-16-21/h3-6,13,15-18,22H,1,7-12,14H2,2H3,(H,28,31)/t18-,22-/m0/s1. The molecule has 0 spiro atoms. The molecule has 162 valence electrons. The number of likely N-dealkylation sites (tertiary alicyclic amines) is 1. The minimum atomic E-state index is -0.527. The fourth-order valence-electron chi connectivity index (χ4n) is 4.59. The average Bonchev–Trinajstić information content (AvgIpc) is 3.54. The molecule has 31 heavy (non-hydrogen) atoms. The third-order valence-corrected chi connectivity index (χ3v) is 6.71. The number of aromatic nitrogens is 2. The summed E-state index contributed by atoms with van der Waals surface area (Å²) in [5.74, 6) is 0.998. The van der Waals surface area contributed by atoms with E-state index >= 15 is 0 Å². The van der Waals surface area contributed by atoms with Gasteiger partial charge in [-0.25, -0.2) is 9.97 Å². The van der Waals surface area contributed by atoms with Gasteiger partial charge in [0.25, 0.3) is 0 Å². The Bertz CT molecular complexity index is 951. The van der Waals surface area contributed by atoms with Gasteiger partial charge in [0.05, 0.1) is 5.41 Å². The number of nitrogens with zero attached hydrogens (tertiary/aromatic N) is 3. The summed E-state index contributed by atoms with van der Waals surface area (Å²) in [7, 11) is 0. The molecule has 1 aliphatic carbocycles. The Morgan fingerprint density at radius 3 is 2.58 bits per heavy atom. The van der Waals surface area contributed by atoms with E-state index in [4.69, 9.17) is 0 Å². The summed E-state index contributed by atoms with van der Waals surface area (Å²) in [6.07, 6.45) is 9.78. The first-order chi connectivity index (χ1) is 15.0. The predicted molar refractivity (Wildman–Crippen MR) is 120 cm³/mol. The van der Waals surface area contributed by atoms with Crippen LogP contribution in [0.25, 0.3) is 11.1 Å². The molecular weight excluding hydrogens is 388 g/mol. The van der Waals surface area contributed by atoms with E-state index in [-0.39, 0.29) is 17.7 Å². The van der Waals surface area contributed by atoms with E-state index in [0.717, 1.165) is 23.1 Å². The molecule has 1 saturated heterocycles. The number of nitrogens with one attached hydrogen (secondary N) is 1. The van der Waals surface area contributed by atoms with Crippen molar-refractivity contribution >= 4 is 11.8 Å². The third-order valence-electron chi connectivity index (χ3n) is 6.71. The van der Waals surface area contributed by atoms with Crippen LogP contribution in [0.1, 0.15) is 31.7 Å². The van der Waals surface area contributed by atoms with E-state index < -0.39 is 5.41 Å². The molecule has 0 bridgehead atoms. The summed E-state index contributed by atoms with van der Waals surface area (Å²) in [6.45, 7) is 7.57. The van der Waals surface area contributed by atoms with Crippen molar-refractivity contribution in [2.45, 2.75) is 32.6 Å². The van der Waals surface area contributed by atoms with Crippen molar-refractivity contribution in [1.82, 2.24) is 20.2 Å². The molecule has 1 aromatic carbocycles. The molecule has 4 rings (SSSR count). The van der Waals surface area contributed by atoms with Gasteiger partial charge >= 0.3 is 0 Å². The van der Waals surface area contributed by atoms with Crippen molar-refractivity contribution in [3.8, 4) is 11.1 Å². The normalized spacial score (nSPS) is 21.9. The fourth-order valence-corrected chi connectivity index (χ4v) is 4.59. The van der Waals surface area contributed by atoms with Gasteiger partial charge in [0.1, 0.15) is 6.33 Å². The van der Waals surface area contributed by atoms with E-state index in [1.807, 2.05) is 17.0 Å². The van der Waals surface area contributed by atoms with Crippen LogP contribution in [0.5, 0.6) is 0 Å². The lowest BCUT2D eigenvalue weighted by Crippen LogP contribution is -2.51. The largest absolute Gasteiger partial charge is 0.352 e. The van der Waals surface area contributed by atoms with Crippen molar-refractivity contribution in [3.05, 3.63) is 61.2 Å². The van der Waals surface area contributed by atoms with E-state index in [2.05, 4.69) is 40.9 Å². The SMILES string of the molecule is C=CCNC(=O)C1(Cc2cccc(-c3cncnc3)c2)CCN(C(=O)[C@H]2C[C@@H]2C)CC1. The predicted octanol–water partition coefficient (Wildman–Crippen LogP) is 3.25. The van der Waals surface area contributed by atoms with E-state index in [0.29, 0.717) is 44.8 Å². The van der Waals surface area contributed by atoms with E-state index in [1.54, 1.807) is 18.5 Å². The highest BCUT2D eigenvalue weighted by atomic mass is 16.2. The number of amides is 2. The topological polar surface area (TPSA) is 75.2 Å². The Morgan fingerprint density at radius 1 is 1.23 bits per heavy atom. The highest BCUT2D eigenvalue weighted by Crippen LogP contribution is 2.42. The summed E-state index contributed by atoms with van der Waals surface area (Å²) < 4.78 is 0. The number of carbonyl (C=O) groups excluding carboxylic acids is 2. The van der Waals surface area contributed by atoms with Crippen LogP contribution < -0.4 is 5.32 Å². The van der Waals surface area contributed by atoms with Gasteiger partial charge in [0, 0.05) is 43.5 Å². The molecule has 1 aliphatic heterocycles.